The molecule has 0 spiro atoms. The summed E-state index contributed by atoms with van der Waals surface area (Å²) in [5.74, 6) is 1.42. The maximum absolute atomic E-state index is 9.55. The Hall–Kier alpha value is -1.26. The molecule has 0 saturated carbocycles. The SMILES string of the molecule is COc1cc([C@H](C)O)ccc1OCCN1CCCC1. The maximum Gasteiger partial charge on any atom is 0.161 e. The Morgan fingerprint density at radius 1 is 1.26 bits per heavy atom. The molecule has 1 saturated heterocycles. The number of methoxy groups -OCH3 is 1. The van der Waals surface area contributed by atoms with Crippen LogP contribution in [0.5, 0.6) is 11.5 Å². The normalized spacial score (nSPS) is 17.4. The maximum atomic E-state index is 9.55. The lowest BCUT2D eigenvalue weighted by Gasteiger charge is -2.17. The summed E-state index contributed by atoms with van der Waals surface area (Å²) < 4.78 is 11.1. The van der Waals surface area contributed by atoms with Gasteiger partial charge in [-0.25, -0.2) is 0 Å². The molecule has 0 aromatic heterocycles. The second-order valence-electron chi connectivity index (χ2n) is 4.98. The summed E-state index contributed by atoms with van der Waals surface area (Å²) >= 11 is 0. The van der Waals surface area contributed by atoms with Gasteiger partial charge in [-0.2, -0.15) is 0 Å². The van der Waals surface area contributed by atoms with Crippen LogP contribution in [0.2, 0.25) is 0 Å². The van der Waals surface area contributed by atoms with Gasteiger partial charge in [-0.15, -0.1) is 0 Å². The Labute approximate surface area is 114 Å². The number of hydrogen-bond acceptors (Lipinski definition) is 4. The summed E-state index contributed by atoms with van der Waals surface area (Å²) in [4.78, 5) is 2.41. The Balaban J connectivity index is 1.91. The van der Waals surface area contributed by atoms with E-state index in [0.29, 0.717) is 12.4 Å². The molecule has 4 heteroatoms. The number of hydrogen-bond donors (Lipinski definition) is 1. The van der Waals surface area contributed by atoms with Crippen LogP contribution in [-0.4, -0.2) is 43.4 Å². The summed E-state index contributed by atoms with van der Waals surface area (Å²) in [5.41, 5.74) is 0.837. The van der Waals surface area contributed by atoms with Crippen molar-refractivity contribution in [2.45, 2.75) is 25.9 Å². The van der Waals surface area contributed by atoms with E-state index in [9.17, 15) is 5.11 Å². The van der Waals surface area contributed by atoms with Crippen LogP contribution in [0.3, 0.4) is 0 Å². The highest BCUT2D eigenvalue weighted by atomic mass is 16.5. The largest absolute Gasteiger partial charge is 0.493 e. The Bertz CT molecular complexity index is 400. The zero-order chi connectivity index (χ0) is 13.7. The first kappa shape index (κ1) is 14.2. The fourth-order valence-electron chi connectivity index (χ4n) is 2.35. The minimum atomic E-state index is -0.493. The smallest absolute Gasteiger partial charge is 0.161 e. The van der Waals surface area contributed by atoms with Crippen LogP contribution in [0.4, 0.5) is 0 Å². The molecule has 1 aliphatic heterocycles. The average Bonchev–Trinajstić information content (AvgIpc) is 2.92. The minimum Gasteiger partial charge on any atom is -0.493 e. The van der Waals surface area contributed by atoms with E-state index < -0.39 is 6.10 Å². The molecule has 106 valence electrons. The summed E-state index contributed by atoms with van der Waals surface area (Å²) in [6.45, 7) is 5.73. The average molecular weight is 265 g/mol. The third kappa shape index (κ3) is 3.85. The van der Waals surface area contributed by atoms with Crippen LogP contribution in [0.1, 0.15) is 31.4 Å². The molecule has 19 heavy (non-hydrogen) atoms. The first-order valence-corrected chi connectivity index (χ1v) is 6.92. The van der Waals surface area contributed by atoms with E-state index in [-0.39, 0.29) is 0 Å². The van der Waals surface area contributed by atoms with Gasteiger partial charge in [-0.3, -0.25) is 4.90 Å². The summed E-state index contributed by atoms with van der Waals surface area (Å²) in [5, 5.41) is 9.55. The summed E-state index contributed by atoms with van der Waals surface area (Å²) in [6.07, 6.45) is 2.10. The molecule has 0 aliphatic carbocycles. The van der Waals surface area contributed by atoms with Crippen LogP contribution in [0.25, 0.3) is 0 Å². The summed E-state index contributed by atoms with van der Waals surface area (Å²) in [6, 6.07) is 5.57. The first-order valence-electron chi connectivity index (χ1n) is 6.92. The fourth-order valence-corrected chi connectivity index (χ4v) is 2.35. The zero-order valence-corrected chi connectivity index (χ0v) is 11.8. The van der Waals surface area contributed by atoms with E-state index in [4.69, 9.17) is 9.47 Å². The number of aliphatic hydroxyl groups is 1. The van der Waals surface area contributed by atoms with E-state index in [1.165, 1.54) is 25.9 Å². The third-order valence-corrected chi connectivity index (χ3v) is 3.53. The highest BCUT2D eigenvalue weighted by Crippen LogP contribution is 2.30. The van der Waals surface area contributed by atoms with E-state index in [1.807, 2.05) is 18.2 Å². The van der Waals surface area contributed by atoms with Crippen LogP contribution in [0.15, 0.2) is 18.2 Å². The van der Waals surface area contributed by atoms with Gasteiger partial charge in [-0.05, 0) is 50.6 Å². The molecule has 1 heterocycles. The van der Waals surface area contributed by atoms with Crippen molar-refractivity contribution in [1.82, 2.24) is 4.90 Å². The molecule has 0 radical (unpaired) electrons. The van der Waals surface area contributed by atoms with Crippen LogP contribution >= 0.6 is 0 Å². The van der Waals surface area contributed by atoms with Gasteiger partial charge in [-0.1, -0.05) is 6.07 Å². The topological polar surface area (TPSA) is 41.9 Å². The van der Waals surface area contributed by atoms with Gasteiger partial charge in [0.05, 0.1) is 13.2 Å². The van der Waals surface area contributed by atoms with Gasteiger partial charge in [0.1, 0.15) is 6.61 Å². The van der Waals surface area contributed by atoms with Crippen LogP contribution in [-0.2, 0) is 0 Å². The molecular weight excluding hydrogens is 242 g/mol. The molecule has 1 aliphatic rings. The lowest BCUT2D eigenvalue weighted by molar-refractivity contribution is 0.198. The van der Waals surface area contributed by atoms with Crippen molar-refractivity contribution in [2.75, 3.05) is 33.4 Å². The monoisotopic (exact) mass is 265 g/mol. The molecule has 1 fully saturated rings. The Morgan fingerprint density at radius 2 is 2.00 bits per heavy atom. The van der Waals surface area contributed by atoms with Crippen molar-refractivity contribution in [3.05, 3.63) is 23.8 Å². The molecule has 0 bridgehead atoms. The lowest BCUT2D eigenvalue weighted by atomic mass is 10.1. The van der Waals surface area contributed by atoms with Crippen molar-refractivity contribution in [2.24, 2.45) is 0 Å². The Kier molecular flexibility index (Phi) is 5.05. The van der Waals surface area contributed by atoms with E-state index in [0.717, 1.165) is 17.9 Å². The third-order valence-electron chi connectivity index (χ3n) is 3.53. The van der Waals surface area contributed by atoms with Crippen molar-refractivity contribution < 1.29 is 14.6 Å². The van der Waals surface area contributed by atoms with Gasteiger partial charge in [0, 0.05) is 6.54 Å². The predicted octanol–water partition coefficient (Wildman–Crippen LogP) is 2.22. The first-order chi connectivity index (χ1) is 9.20. The zero-order valence-electron chi connectivity index (χ0n) is 11.8. The molecule has 1 N–H and O–H groups in total. The van der Waals surface area contributed by atoms with Gasteiger partial charge in [0.2, 0.25) is 0 Å². The van der Waals surface area contributed by atoms with Crippen LogP contribution < -0.4 is 9.47 Å². The van der Waals surface area contributed by atoms with E-state index in [1.54, 1.807) is 14.0 Å². The number of nitrogens with zero attached hydrogens (tertiary/aromatic N) is 1. The number of benzene rings is 1. The molecule has 0 amide bonds. The predicted molar refractivity (Wildman–Crippen MR) is 74.8 cm³/mol. The Morgan fingerprint density at radius 3 is 2.63 bits per heavy atom. The van der Waals surface area contributed by atoms with Gasteiger partial charge in [0.15, 0.2) is 11.5 Å². The number of likely N-dealkylation sites (tertiary alicyclic amines) is 1. The highest BCUT2D eigenvalue weighted by molar-refractivity contribution is 5.43. The second kappa shape index (κ2) is 6.78. The summed E-state index contributed by atoms with van der Waals surface area (Å²) in [7, 11) is 1.62. The second-order valence-corrected chi connectivity index (χ2v) is 4.98. The lowest BCUT2D eigenvalue weighted by Crippen LogP contribution is -2.25. The molecule has 0 unspecified atom stereocenters. The molecule has 1 aromatic rings. The van der Waals surface area contributed by atoms with Gasteiger partial charge in [0.25, 0.3) is 0 Å². The van der Waals surface area contributed by atoms with Crippen molar-refractivity contribution in [3.8, 4) is 11.5 Å². The van der Waals surface area contributed by atoms with Crippen molar-refractivity contribution >= 4 is 0 Å². The quantitative estimate of drug-likeness (QED) is 0.856. The molecule has 2 rings (SSSR count). The molecule has 1 atom stereocenters. The standard InChI is InChI=1S/C15H23NO3/c1-12(17)13-5-6-14(15(11-13)18-2)19-10-9-16-7-3-4-8-16/h5-6,11-12,17H,3-4,7-10H2,1-2H3/t12-/m0/s1. The fraction of sp³-hybridized carbons (Fsp3) is 0.600. The van der Waals surface area contributed by atoms with E-state index >= 15 is 0 Å². The number of aliphatic hydroxyl groups excluding tert-OH is 1. The minimum absolute atomic E-state index is 0.493. The molecule has 4 nitrogen and oxygen atoms in total. The van der Waals surface area contributed by atoms with Crippen LogP contribution in [0, 0.1) is 0 Å². The molecule has 1 aromatic carbocycles. The van der Waals surface area contributed by atoms with Crippen molar-refractivity contribution in [3.63, 3.8) is 0 Å². The van der Waals surface area contributed by atoms with Gasteiger partial charge >= 0.3 is 0 Å². The molecular formula is C15H23NO3. The van der Waals surface area contributed by atoms with E-state index in [2.05, 4.69) is 4.90 Å². The highest BCUT2D eigenvalue weighted by Gasteiger charge is 2.12. The number of ether oxygens (including phenoxy) is 2. The number of rotatable bonds is 6. The van der Waals surface area contributed by atoms with Crippen molar-refractivity contribution in [1.29, 1.82) is 0 Å². The van der Waals surface area contributed by atoms with Gasteiger partial charge < -0.3 is 14.6 Å².